The van der Waals surface area contributed by atoms with Gasteiger partial charge < -0.3 is 14.2 Å². The Labute approximate surface area is 151 Å². The first-order valence-corrected chi connectivity index (χ1v) is 8.48. The molecule has 134 valence electrons. The highest BCUT2D eigenvalue weighted by Crippen LogP contribution is 2.28. The lowest BCUT2D eigenvalue weighted by Crippen LogP contribution is -2.15. The Morgan fingerprint density at radius 3 is 2.77 bits per heavy atom. The third-order valence-electron chi connectivity index (χ3n) is 3.55. The summed E-state index contributed by atoms with van der Waals surface area (Å²) in [6, 6.07) is 6.38. The number of rotatable bonds is 6. The normalized spacial score (nSPS) is 10.7. The Balaban J connectivity index is 1.65. The molecule has 0 saturated heterocycles. The van der Waals surface area contributed by atoms with Crippen LogP contribution in [0.2, 0.25) is 0 Å². The summed E-state index contributed by atoms with van der Waals surface area (Å²) in [5, 5.41) is 21.6. The van der Waals surface area contributed by atoms with Crippen molar-refractivity contribution in [1.82, 2.24) is 10.2 Å². The Bertz CT molecular complexity index is 952. The number of carbonyl (C=O) groups excluding carboxylic acids is 1. The Morgan fingerprint density at radius 2 is 2.08 bits per heavy atom. The first kappa shape index (κ1) is 17.7. The van der Waals surface area contributed by atoms with Crippen LogP contribution < -0.4 is 5.32 Å². The van der Waals surface area contributed by atoms with Crippen molar-refractivity contribution in [3.63, 3.8) is 0 Å². The van der Waals surface area contributed by atoms with E-state index in [1.807, 2.05) is 6.92 Å². The summed E-state index contributed by atoms with van der Waals surface area (Å²) in [6.45, 7) is 3.59. The molecule has 0 aliphatic carbocycles. The zero-order valence-electron chi connectivity index (χ0n) is 13.9. The van der Waals surface area contributed by atoms with Crippen LogP contribution in [0, 0.1) is 24.0 Å². The fourth-order valence-corrected chi connectivity index (χ4v) is 2.70. The molecule has 0 spiro atoms. The zero-order chi connectivity index (χ0) is 18.7. The van der Waals surface area contributed by atoms with Crippen molar-refractivity contribution in [2.24, 2.45) is 0 Å². The molecule has 2 aromatic heterocycles. The molecule has 0 aliphatic rings. The number of anilines is 1. The van der Waals surface area contributed by atoms with Crippen molar-refractivity contribution in [1.29, 1.82) is 0 Å². The molecule has 0 saturated carbocycles. The van der Waals surface area contributed by atoms with E-state index in [4.69, 9.17) is 8.83 Å². The molecule has 1 N–H and O–H groups in total. The Morgan fingerprint density at radius 1 is 1.31 bits per heavy atom. The number of nitro groups is 1. The van der Waals surface area contributed by atoms with Crippen molar-refractivity contribution >= 4 is 29.0 Å². The van der Waals surface area contributed by atoms with Crippen LogP contribution in [-0.2, 0) is 4.79 Å². The van der Waals surface area contributed by atoms with E-state index in [1.54, 1.807) is 25.1 Å². The maximum absolute atomic E-state index is 12.1. The molecule has 0 fully saturated rings. The van der Waals surface area contributed by atoms with E-state index in [9.17, 15) is 14.9 Å². The number of benzene rings is 1. The van der Waals surface area contributed by atoms with Crippen LogP contribution >= 0.6 is 11.8 Å². The minimum Gasteiger partial charge on any atom is -0.459 e. The molecule has 0 unspecified atom stereocenters. The number of hydrogen-bond donors (Lipinski definition) is 1. The van der Waals surface area contributed by atoms with E-state index < -0.39 is 10.8 Å². The van der Waals surface area contributed by atoms with Gasteiger partial charge in [-0.1, -0.05) is 11.8 Å². The number of carbonyl (C=O) groups is 1. The topological polar surface area (TPSA) is 124 Å². The van der Waals surface area contributed by atoms with Crippen molar-refractivity contribution < 1.29 is 18.6 Å². The highest BCUT2D eigenvalue weighted by Gasteiger charge is 2.18. The molecular weight excluding hydrogens is 360 g/mol. The van der Waals surface area contributed by atoms with Gasteiger partial charge in [-0.05, 0) is 43.2 Å². The SMILES string of the molecule is Cc1cc(NC(=O)CSc2nnc(-c3ccco3)o2)c([N+](=O)[O-])cc1C. The van der Waals surface area contributed by atoms with Gasteiger partial charge in [0.2, 0.25) is 5.91 Å². The number of amides is 1. The summed E-state index contributed by atoms with van der Waals surface area (Å²) in [5.74, 6) is 0.186. The van der Waals surface area contributed by atoms with E-state index in [0.717, 1.165) is 22.9 Å². The minimum absolute atomic E-state index is 0.0378. The molecule has 2 heterocycles. The van der Waals surface area contributed by atoms with Crippen LogP contribution in [0.3, 0.4) is 0 Å². The molecule has 10 heteroatoms. The molecular formula is C16H14N4O5S. The summed E-state index contributed by atoms with van der Waals surface area (Å²) in [6.07, 6.45) is 1.48. The fourth-order valence-electron chi connectivity index (χ4n) is 2.13. The van der Waals surface area contributed by atoms with Gasteiger partial charge in [0, 0.05) is 6.07 Å². The first-order chi connectivity index (χ1) is 12.4. The molecule has 0 aliphatic heterocycles. The summed E-state index contributed by atoms with van der Waals surface area (Å²) in [5.41, 5.74) is 1.63. The summed E-state index contributed by atoms with van der Waals surface area (Å²) < 4.78 is 10.5. The van der Waals surface area contributed by atoms with Gasteiger partial charge in [-0.25, -0.2) is 0 Å². The maximum Gasteiger partial charge on any atom is 0.293 e. The van der Waals surface area contributed by atoms with Gasteiger partial charge in [-0.3, -0.25) is 14.9 Å². The summed E-state index contributed by atoms with van der Waals surface area (Å²) >= 11 is 1.02. The predicted molar refractivity (Wildman–Crippen MR) is 93.9 cm³/mol. The van der Waals surface area contributed by atoms with Gasteiger partial charge in [0.25, 0.3) is 16.8 Å². The minimum atomic E-state index is -0.525. The second-order valence-electron chi connectivity index (χ2n) is 5.40. The van der Waals surface area contributed by atoms with Crippen LogP contribution in [0.4, 0.5) is 11.4 Å². The van der Waals surface area contributed by atoms with Gasteiger partial charge >= 0.3 is 0 Å². The highest BCUT2D eigenvalue weighted by atomic mass is 32.2. The average Bonchev–Trinajstić information content (AvgIpc) is 3.26. The number of furan rings is 1. The smallest absolute Gasteiger partial charge is 0.293 e. The van der Waals surface area contributed by atoms with Gasteiger partial charge in [0.15, 0.2) is 5.76 Å². The number of aryl methyl sites for hydroxylation is 2. The Kier molecular flexibility index (Phi) is 5.03. The second-order valence-corrected chi connectivity index (χ2v) is 6.32. The summed E-state index contributed by atoms with van der Waals surface area (Å²) in [4.78, 5) is 22.8. The largest absolute Gasteiger partial charge is 0.459 e. The van der Waals surface area contributed by atoms with Crippen molar-refractivity contribution in [2.45, 2.75) is 19.1 Å². The first-order valence-electron chi connectivity index (χ1n) is 7.49. The van der Waals surface area contributed by atoms with Crippen LogP contribution in [-0.4, -0.2) is 26.8 Å². The quantitative estimate of drug-likeness (QED) is 0.394. The molecule has 0 bridgehead atoms. The molecule has 9 nitrogen and oxygen atoms in total. The molecule has 1 aromatic carbocycles. The lowest BCUT2D eigenvalue weighted by atomic mass is 10.1. The molecule has 0 atom stereocenters. The van der Waals surface area contributed by atoms with Gasteiger partial charge in [0.05, 0.1) is 16.9 Å². The van der Waals surface area contributed by atoms with Crippen LogP contribution in [0.25, 0.3) is 11.7 Å². The maximum atomic E-state index is 12.1. The third-order valence-corrected chi connectivity index (χ3v) is 4.37. The van der Waals surface area contributed by atoms with Crippen LogP contribution in [0.1, 0.15) is 11.1 Å². The lowest BCUT2D eigenvalue weighted by Gasteiger charge is -2.08. The number of nitro benzene ring substituents is 1. The molecule has 26 heavy (non-hydrogen) atoms. The van der Waals surface area contributed by atoms with Crippen LogP contribution in [0.15, 0.2) is 44.6 Å². The Hall–Kier alpha value is -3.14. The lowest BCUT2D eigenvalue weighted by molar-refractivity contribution is -0.384. The van der Waals surface area contributed by atoms with E-state index in [2.05, 4.69) is 15.5 Å². The van der Waals surface area contributed by atoms with Crippen LogP contribution in [0.5, 0.6) is 0 Å². The van der Waals surface area contributed by atoms with E-state index in [-0.39, 0.29) is 28.2 Å². The molecule has 3 rings (SSSR count). The standard InChI is InChI=1S/C16H14N4O5S/c1-9-6-11(12(20(22)23)7-10(9)2)17-14(21)8-26-16-19-18-15(25-16)13-4-3-5-24-13/h3-7H,8H2,1-2H3,(H,17,21). The predicted octanol–water partition coefficient (Wildman–Crippen LogP) is 3.59. The third kappa shape index (κ3) is 3.91. The summed E-state index contributed by atoms with van der Waals surface area (Å²) in [7, 11) is 0. The van der Waals surface area contributed by atoms with Crippen molar-refractivity contribution in [3.05, 3.63) is 51.8 Å². The van der Waals surface area contributed by atoms with E-state index in [0.29, 0.717) is 5.76 Å². The fraction of sp³-hybridized carbons (Fsp3) is 0.188. The molecule has 1 amide bonds. The molecule has 3 aromatic rings. The average molecular weight is 374 g/mol. The second kappa shape index (κ2) is 7.40. The van der Waals surface area contributed by atoms with E-state index >= 15 is 0 Å². The van der Waals surface area contributed by atoms with Crippen molar-refractivity contribution in [2.75, 3.05) is 11.1 Å². The number of nitrogens with zero attached hydrogens (tertiary/aromatic N) is 3. The number of nitrogens with one attached hydrogen (secondary N) is 1. The molecule has 0 radical (unpaired) electrons. The number of thioether (sulfide) groups is 1. The number of hydrogen-bond acceptors (Lipinski definition) is 8. The van der Waals surface area contributed by atoms with Gasteiger partial charge in [-0.2, -0.15) is 0 Å². The van der Waals surface area contributed by atoms with Gasteiger partial charge in [0.1, 0.15) is 5.69 Å². The van der Waals surface area contributed by atoms with E-state index in [1.165, 1.54) is 12.3 Å². The van der Waals surface area contributed by atoms with Gasteiger partial charge in [-0.15, -0.1) is 10.2 Å². The van der Waals surface area contributed by atoms with Crippen molar-refractivity contribution in [3.8, 4) is 11.7 Å². The monoisotopic (exact) mass is 374 g/mol. The zero-order valence-corrected chi connectivity index (χ0v) is 14.7. The number of aromatic nitrogens is 2. The highest BCUT2D eigenvalue weighted by molar-refractivity contribution is 7.99.